The van der Waals surface area contributed by atoms with Gasteiger partial charge in [-0.3, -0.25) is 14.9 Å². The molecule has 0 spiro atoms. The number of hydrogen-bond acceptors (Lipinski definition) is 7. The fourth-order valence-electron chi connectivity index (χ4n) is 5.13. The van der Waals surface area contributed by atoms with Crippen molar-refractivity contribution in [2.45, 2.75) is 43.0 Å². The monoisotopic (exact) mass is 560 g/mol. The summed E-state index contributed by atoms with van der Waals surface area (Å²) < 4.78 is 5.60. The number of fused-ring (bicyclic) bond motifs is 1. The number of benzene rings is 3. The maximum Gasteiger partial charge on any atom is 0.331 e. The molecule has 0 bridgehead atoms. The van der Waals surface area contributed by atoms with Crippen LogP contribution in [0.3, 0.4) is 0 Å². The van der Waals surface area contributed by atoms with Crippen molar-refractivity contribution in [3.63, 3.8) is 0 Å². The van der Waals surface area contributed by atoms with Crippen LogP contribution in [0.2, 0.25) is 0 Å². The molecule has 0 aliphatic carbocycles. The fraction of sp³-hybridized carbons (Fsp3) is 0.267. The smallest absolute Gasteiger partial charge is 0.331 e. The van der Waals surface area contributed by atoms with Crippen LogP contribution in [0.5, 0.6) is 0 Å². The molecule has 2 aliphatic heterocycles. The molecule has 0 radical (unpaired) electrons. The Morgan fingerprint density at radius 1 is 1.03 bits per heavy atom. The van der Waals surface area contributed by atoms with E-state index in [1.165, 1.54) is 35.7 Å². The van der Waals surface area contributed by atoms with Crippen molar-refractivity contribution in [2.75, 3.05) is 5.75 Å². The minimum Gasteiger partial charge on any atom is -0.451 e. The van der Waals surface area contributed by atoms with Crippen LogP contribution in [0.4, 0.5) is 5.69 Å². The lowest BCUT2D eigenvalue weighted by atomic mass is 9.99. The van der Waals surface area contributed by atoms with Crippen molar-refractivity contribution in [2.24, 2.45) is 0 Å². The summed E-state index contributed by atoms with van der Waals surface area (Å²) in [6.07, 6.45) is -0.621. The molecule has 1 fully saturated rings. The summed E-state index contributed by atoms with van der Waals surface area (Å²) >= 11 is 2.97. The molecule has 3 aromatic rings. The second-order valence-electron chi connectivity index (χ2n) is 9.81. The number of carbonyl (C=O) groups is 2. The lowest BCUT2D eigenvalue weighted by molar-refractivity contribution is -0.384. The van der Waals surface area contributed by atoms with Crippen LogP contribution in [0.25, 0.3) is 5.57 Å². The third kappa shape index (κ3) is 5.08. The summed E-state index contributed by atoms with van der Waals surface area (Å²) in [7, 11) is 0. The van der Waals surface area contributed by atoms with Crippen molar-refractivity contribution in [3.05, 3.63) is 117 Å². The predicted molar refractivity (Wildman–Crippen MR) is 155 cm³/mol. The maximum atomic E-state index is 14.0. The molecule has 0 aromatic heterocycles. The molecule has 2 atom stereocenters. The Bertz CT molecular complexity index is 1390. The Kier molecular flexibility index (Phi) is 7.55. The topological polar surface area (TPSA) is 89.8 Å². The van der Waals surface area contributed by atoms with Gasteiger partial charge in [0.15, 0.2) is 6.10 Å². The van der Waals surface area contributed by atoms with E-state index >= 15 is 0 Å². The number of rotatable bonds is 8. The molecule has 1 saturated heterocycles. The molecule has 0 N–H and O–H groups in total. The van der Waals surface area contributed by atoms with E-state index in [0.717, 1.165) is 22.3 Å². The average molecular weight is 561 g/mol. The molecule has 2 aliphatic rings. The molecule has 2 heterocycles. The highest BCUT2D eigenvalue weighted by atomic mass is 32.2. The Morgan fingerprint density at radius 3 is 2.10 bits per heavy atom. The van der Waals surface area contributed by atoms with Gasteiger partial charge in [-0.25, -0.2) is 4.79 Å². The highest BCUT2D eigenvalue weighted by Gasteiger charge is 2.59. The molecular formula is C30H28N2O5S2. The van der Waals surface area contributed by atoms with Gasteiger partial charge in [0.05, 0.1) is 9.83 Å². The number of non-ortho nitro benzene ring substituents is 1. The molecular weight excluding hydrogens is 532 g/mol. The zero-order valence-electron chi connectivity index (χ0n) is 21.8. The number of amides is 1. The molecule has 1 amide bonds. The second kappa shape index (κ2) is 10.9. The van der Waals surface area contributed by atoms with Gasteiger partial charge in [-0.1, -0.05) is 67.6 Å². The molecule has 39 heavy (non-hydrogen) atoms. The van der Waals surface area contributed by atoms with Gasteiger partial charge >= 0.3 is 5.97 Å². The summed E-state index contributed by atoms with van der Waals surface area (Å²) in [4.78, 5) is 40.9. The van der Waals surface area contributed by atoms with Gasteiger partial charge in [0, 0.05) is 22.5 Å². The van der Waals surface area contributed by atoms with Crippen molar-refractivity contribution in [1.82, 2.24) is 4.90 Å². The Balaban J connectivity index is 1.50. The fourth-order valence-corrected chi connectivity index (χ4v) is 7.72. The zero-order valence-corrected chi connectivity index (χ0v) is 23.4. The number of nitro benzene ring substituents is 1. The first kappa shape index (κ1) is 27.0. The number of nitro groups is 1. The number of hydrogen-bond donors (Lipinski definition) is 0. The first-order valence-electron chi connectivity index (χ1n) is 12.7. The normalized spacial score (nSPS) is 19.9. The van der Waals surface area contributed by atoms with Gasteiger partial charge in [-0.2, -0.15) is 0 Å². The Hall–Kier alpha value is -3.56. The number of thioether (sulfide) groups is 2. The quantitative estimate of drug-likeness (QED) is 0.178. The number of esters is 1. The largest absolute Gasteiger partial charge is 0.451 e. The molecule has 5 rings (SSSR count). The van der Waals surface area contributed by atoms with Crippen LogP contribution in [0.15, 0.2) is 89.8 Å². The molecule has 0 unspecified atom stereocenters. The lowest BCUT2D eigenvalue weighted by Crippen LogP contribution is -2.50. The van der Waals surface area contributed by atoms with Gasteiger partial charge < -0.3 is 9.64 Å². The number of nitrogens with zero attached hydrogens (tertiary/aromatic N) is 2. The zero-order chi connectivity index (χ0) is 27.7. The molecule has 200 valence electrons. The first-order valence-corrected chi connectivity index (χ1v) is 14.5. The van der Waals surface area contributed by atoms with Crippen molar-refractivity contribution < 1.29 is 19.2 Å². The minimum atomic E-state index is -0.821. The first-order chi connectivity index (χ1) is 18.7. The summed E-state index contributed by atoms with van der Waals surface area (Å²) in [6, 6.07) is 24.6. The average Bonchev–Trinajstić information content (AvgIpc) is 3.36. The standard InChI is InChI=1S/C30H28N2O5S2/c1-4-38-25-23(19-15-17-22(18-16-19)32(35)36)28-31(27(25)33)26(30(2,3)39-28)29(34)37-24(20-11-7-5-8-12-20)21-13-9-6-10-14-21/h5-18,24,26,28H,4H2,1-3H3/t26-,28+/m0/s1. The van der Waals surface area contributed by atoms with Crippen LogP contribution in [-0.4, -0.2) is 43.6 Å². The van der Waals surface area contributed by atoms with Gasteiger partial charge in [0.2, 0.25) is 0 Å². The van der Waals surface area contributed by atoms with Crippen LogP contribution in [0, 0.1) is 10.1 Å². The number of carbonyl (C=O) groups excluding carboxylic acids is 2. The van der Waals surface area contributed by atoms with E-state index in [0.29, 0.717) is 10.7 Å². The molecule has 3 aromatic carbocycles. The highest BCUT2D eigenvalue weighted by Crippen LogP contribution is 2.56. The van der Waals surface area contributed by atoms with Crippen LogP contribution in [0.1, 0.15) is 43.6 Å². The summed E-state index contributed by atoms with van der Waals surface area (Å²) in [5, 5.41) is 10.8. The summed E-state index contributed by atoms with van der Waals surface area (Å²) in [5.41, 5.74) is 3.20. The summed E-state index contributed by atoms with van der Waals surface area (Å²) in [5.74, 6) is -0.00573. The van der Waals surface area contributed by atoms with E-state index in [-0.39, 0.29) is 11.6 Å². The molecule has 0 saturated carbocycles. The third-order valence-electron chi connectivity index (χ3n) is 6.86. The minimum absolute atomic E-state index is 0.0149. The van der Waals surface area contributed by atoms with Crippen LogP contribution >= 0.6 is 23.5 Å². The Labute approximate surface area is 235 Å². The van der Waals surface area contributed by atoms with E-state index in [1.807, 2.05) is 81.4 Å². The molecule has 7 nitrogen and oxygen atoms in total. The predicted octanol–water partition coefficient (Wildman–Crippen LogP) is 6.45. The maximum absolute atomic E-state index is 14.0. The second-order valence-corrected chi connectivity index (χ2v) is 12.8. The van der Waals surface area contributed by atoms with Gasteiger partial charge in [0.1, 0.15) is 11.4 Å². The van der Waals surface area contributed by atoms with E-state index < -0.39 is 33.2 Å². The lowest BCUT2D eigenvalue weighted by Gasteiger charge is -2.31. The van der Waals surface area contributed by atoms with Gasteiger partial charge in [-0.15, -0.1) is 23.5 Å². The van der Waals surface area contributed by atoms with E-state index in [1.54, 1.807) is 17.0 Å². The van der Waals surface area contributed by atoms with Gasteiger partial charge in [0.25, 0.3) is 11.6 Å². The van der Waals surface area contributed by atoms with Crippen molar-refractivity contribution >= 4 is 46.7 Å². The molecule has 9 heteroatoms. The van der Waals surface area contributed by atoms with E-state index in [4.69, 9.17) is 4.74 Å². The number of ether oxygens (including phenoxy) is 1. The van der Waals surface area contributed by atoms with Crippen LogP contribution < -0.4 is 0 Å². The van der Waals surface area contributed by atoms with E-state index in [2.05, 4.69) is 0 Å². The highest BCUT2D eigenvalue weighted by molar-refractivity contribution is 8.05. The summed E-state index contributed by atoms with van der Waals surface area (Å²) in [6.45, 7) is 5.87. The SMILES string of the molecule is CCSC1=C(c2ccc([N+](=O)[O-])cc2)[C@H]2SC(C)(C)[C@H](C(=O)OC(c3ccccc3)c3ccccc3)N2C1=O. The van der Waals surface area contributed by atoms with Gasteiger partial charge in [-0.05, 0) is 48.4 Å². The van der Waals surface area contributed by atoms with Crippen molar-refractivity contribution in [3.8, 4) is 0 Å². The Morgan fingerprint density at radius 2 is 1.59 bits per heavy atom. The van der Waals surface area contributed by atoms with Crippen LogP contribution in [-0.2, 0) is 14.3 Å². The van der Waals surface area contributed by atoms with E-state index in [9.17, 15) is 19.7 Å². The van der Waals surface area contributed by atoms with Crippen molar-refractivity contribution in [1.29, 1.82) is 0 Å². The third-order valence-corrected chi connectivity index (χ3v) is 9.35.